The first-order valence-corrected chi connectivity index (χ1v) is 15.8. The van der Waals surface area contributed by atoms with Crippen LogP contribution in [0.15, 0.2) is 103 Å². The number of rotatable bonds is 8. The molecule has 4 aromatic carbocycles. The molecule has 50 heavy (non-hydrogen) atoms. The van der Waals surface area contributed by atoms with Crippen molar-refractivity contribution in [2.24, 2.45) is 0 Å². The van der Waals surface area contributed by atoms with Crippen molar-refractivity contribution in [3.8, 4) is 0 Å². The lowest BCUT2D eigenvalue weighted by Gasteiger charge is -2.32. The zero-order chi connectivity index (χ0) is 34.9. The van der Waals surface area contributed by atoms with Gasteiger partial charge < -0.3 is 35.8 Å². The van der Waals surface area contributed by atoms with Gasteiger partial charge in [0.25, 0.3) is 5.91 Å². The number of aromatic carboxylic acids is 1. The van der Waals surface area contributed by atoms with Gasteiger partial charge in [0.1, 0.15) is 0 Å². The van der Waals surface area contributed by atoms with Crippen molar-refractivity contribution in [2.75, 3.05) is 69.5 Å². The number of carbonyl (C=O) groups is 4. The van der Waals surface area contributed by atoms with Gasteiger partial charge in [-0.3, -0.25) is 14.5 Å². The summed E-state index contributed by atoms with van der Waals surface area (Å²) in [7, 11) is 5.21. The van der Waals surface area contributed by atoms with E-state index < -0.39 is 11.9 Å². The monoisotopic (exact) mass is 679 g/mol. The summed E-state index contributed by atoms with van der Waals surface area (Å²) in [5.74, 6) is -1.57. The van der Waals surface area contributed by atoms with Crippen LogP contribution in [0.2, 0.25) is 0 Å². The van der Waals surface area contributed by atoms with Crippen molar-refractivity contribution in [1.29, 1.82) is 0 Å². The van der Waals surface area contributed by atoms with Gasteiger partial charge in [0.15, 0.2) is 0 Å². The zero-order valence-electron chi connectivity index (χ0n) is 28.2. The van der Waals surface area contributed by atoms with Gasteiger partial charge in [-0.15, -0.1) is 0 Å². The maximum absolute atomic E-state index is 13.2. The molecular weight excluding hydrogens is 638 g/mol. The third-order valence-corrected chi connectivity index (χ3v) is 8.37. The molecule has 2 amide bonds. The number of esters is 1. The lowest BCUT2D eigenvalue weighted by Crippen LogP contribution is -2.48. The second-order valence-electron chi connectivity index (χ2n) is 11.7. The standard InChI is InChI=1S/C31H33N5O4.C7H6O2.H2O/c1-34-15-17-36(18-16-34)20-27(37)35(2)24-12-10-23(11-13-24)32-29(21-7-5-4-6-8-21)28-25-14-9-22(31(39)40-3)19-26(25)33-30(28)38;8-7(9)6-4-2-1-3-5-6;/h4-14,19,32H,15-18,20H2,1-3H3,(H,33,38);1-5H,(H,8,9);1H2/b29-28-;;. The Morgan fingerprint density at radius 1 is 0.840 bits per heavy atom. The predicted molar refractivity (Wildman–Crippen MR) is 194 cm³/mol. The lowest BCUT2D eigenvalue weighted by atomic mass is 9.99. The molecule has 2 heterocycles. The Morgan fingerprint density at radius 2 is 1.44 bits per heavy atom. The number of nitrogens with zero attached hydrogens (tertiary/aromatic N) is 3. The Kier molecular flexibility index (Phi) is 12.6. The summed E-state index contributed by atoms with van der Waals surface area (Å²) in [5, 5.41) is 14.7. The SMILES string of the molecule is COC(=O)c1ccc2c(c1)NC(=O)/C2=C(\Nc1ccc(N(C)C(=O)CN2CCN(C)CC2)cc1)c1ccccc1.O.O=C(O)c1ccccc1. The number of benzene rings is 4. The molecule has 1 fully saturated rings. The van der Waals surface area contributed by atoms with Gasteiger partial charge in [0, 0.05) is 50.2 Å². The Labute approximate surface area is 290 Å². The van der Waals surface area contributed by atoms with Gasteiger partial charge in [0.2, 0.25) is 5.91 Å². The molecule has 0 spiro atoms. The first-order valence-electron chi connectivity index (χ1n) is 15.8. The van der Waals surface area contributed by atoms with Gasteiger partial charge in [-0.1, -0.05) is 54.6 Å². The Hall–Kier alpha value is -5.82. The maximum Gasteiger partial charge on any atom is 0.337 e. The lowest BCUT2D eigenvalue weighted by molar-refractivity contribution is -0.119. The number of hydrogen-bond acceptors (Lipinski definition) is 8. The van der Waals surface area contributed by atoms with Crippen LogP contribution < -0.4 is 15.5 Å². The fourth-order valence-electron chi connectivity index (χ4n) is 5.49. The molecule has 0 atom stereocenters. The van der Waals surface area contributed by atoms with Crippen molar-refractivity contribution >= 4 is 52.1 Å². The number of ether oxygens (including phenoxy) is 1. The number of carboxylic acid groups (broad SMARTS) is 1. The minimum absolute atomic E-state index is 0. The summed E-state index contributed by atoms with van der Waals surface area (Å²) in [4.78, 5) is 54.5. The number of carbonyl (C=O) groups excluding carboxylic acids is 3. The zero-order valence-corrected chi connectivity index (χ0v) is 28.2. The second-order valence-corrected chi connectivity index (χ2v) is 11.7. The second kappa shape index (κ2) is 17.0. The molecule has 5 N–H and O–H groups in total. The fraction of sp³-hybridized carbons (Fsp3) is 0.211. The molecule has 0 saturated carbocycles. The van der Waals surface area contributed by atoms with Crippen LogP contribution in [0.5, 0.6) is 0 Å². The molecule has 1 saturated heterocycles. The predicted octanol–water partition coefficient (Wildman–Crippen LogP) is 4.18. The van der Waals surface area contributed by atoms with E-state index in [1.54, 1.807) is 60.5 Å². The average molecular weight is 680 g/mol. The van der Waals surface area contributed by atoms with Crippen LogP contribution in [0.1, 0.15) is 31.8 Å². The molecule has 4 aromatic rings. The Balaban J connectivity index is 0.000000490. The minimum atomic E-state index is -0.879. The van der Waals surface area contributed by atoms with E-state index in [0.29, 0.717) is 40.2 Å². The van der Waals surface area contributed by atoms with Crippen LogP contribution in [0, 0.1) is 0 Å². The van der Waals surface area contributed by atoms with Crippen LogP contribution in [0.4, 0.5) is 17.1 Å². The van der Waals surface area contributed by atoms with Crippen LogP contribution in [0.25, 0.3) is 11.3 Å². The minimum Gasteiger partial charge on any atom is -0.478 e. The van der Waals surface area contributed by atoms with Crippen LogP contribution >= 0.6 is 0 Å². The van der Waals surface area contributed by atoms with E-state index in [4.69, 9.17) is 9.84 Å². The summed E-state index contributed by atoms with van der Waals surface area (Å²) in [6.45, 7) is 4.09. The molecule has 12 heteroatoms. The molecule has 0 unspecified atom stereocenters. The summed E-state index contributed by atoms with van der Waals surface area (Å²) in [6, 6.07) is 30.5. The van der Waals surface area contributed by atoms with Crippen LogP contribution in [0.3, 0.4) is 0 Å². The molecule has 6 rings (SSSR count). The van der Waals surface area contributed by atoms with Gasteiger partial charge in [-0.25, -0.2) is 9.59 Å². The van der Waals surface area contributed by atoms with E-state index in [1.165, 1.54) is 7.11 Å². The van der Waals surface area contributed by atoms with E-state index >= 15 is 0 Å². The molecule has 0 aliphatic carbocycles. The van der Waals surface area contributed by atoms with Crippen molar-refractivity contribution in [3.05, 3.63) is 125 Å². The number of carboxylic acids is 1. The van der Waals surface area contributed by atoms with Gasteiger partial charge >= 0.3 is 11.9 Å². The number of likely N-dealkylation sites (N-methyl/N-ethyl adjacent to an activating group) is 2. The number of anilines is 3. The Morgan fingerprint density at radius 3 is 2.00 bits per heavy atom. The first kappa shape index (κ1) is 37.0. The normalized spacial score (nSPS) is 14.9. The number of nitrogens with one attached hydrogen (secondary N) is 2. The highest BCUT2D eigenvalue weighted by atomic mass is 16.5. The van der Waals surface area contributed by atoms with E-state index in [-0.39, 0.29) is 17.3 Å². The highest BCUT2D eigenvalue weighted by molar-refractivity contribution is 6.37. The number of piperazine rings is 1. The van der Waals surface area contributed by atoms with Crippen LogP contribution in [-0.4, -0.2) is 98.1 Å². The van der Waals surface area contributed by atoms with Gasteiger partial charge in [-0.05, 0) is 61.1 Å². The Bertz CT molecular complexity index is 1840. The largest absolute Gasteiger partial charge is 0.478 e. The van der Waals surface area contributed by atoms with Crippen LogP contribution in [-0.2, 0) is 14.3 Å². The highest BCUT2D eigenvalue weighted by Gasteiger charge is 2.29. The third-order valence-electron chi connectivity index (χ3n) is 8.37. The van der Waals surface area contributed by atoms with Crippen molar-refractivity contribution in [1.82, 2.24) is 9.80 Å². The summed E-state index contributed by atoms with van der Waals surface area (Å²) in [5.41, 5.74) is 5.43. The molecular formula is C38H41N5O7. The van der Waals surface area contributed by atoms with E-state index in [9.17, 15) is 19.2 Å². The number of amides is 2. The molecule has 260 valence electrons. The van der Waals surface area contributed by atoms with Gasteiger partial charge in [0.05, 0.1) is 41.7 Å². The number of methoxy groups -OCH3 is 1. The quantitative estimate of drug-likeness (QED) is 0.183. The van der Waals surface area contributed by atoms with Gasteiger partial charge in [-0.2, -0.15) is 0 Å². The van der Waals surface area contributed by atoms with Crippen molar-refractivity contribution in [2.45, 2.75) is 0 Å². The van der Waals surface area contributed by atoms with Crippen molar-refractivity contribution in [3.63, 3.8) is 0 Å². The van der Waals surface area contributed by atoms with E-state index in [1.807, 2.05) is 54.6 Å². The summed E-state index contributed by atoms with van der Waals surface area (Å²) < 4.78 is 4.82. The smallest absolute Gasteiger partial charge is 0.337 e. The summed E-state index contributed by atoms with van der Waals surface area (Å²) >= 11 is 0. The number of fused-ring (bicyclic) bond motifs is 1. The third kappa shape index (κ3) is 8.99. The molecule has 2 aliphatic heterocycles. The highest BCUT2D eigenvalue weighted by Crippen LogP contribution is 2.38. The molecule has 0 aromatic heterocycles. The van der Waals surface area contributed by atoms with E-state index in [2.05, 4.69) is 27.5 Å². The first-order chi connectivity index (χ1) is 23.6. The van der Waals surface area contributed by atoms with E-state index in [0.717, 1.165) is 43.1 Å². The molecule has 2 aliphatic rings. The molecule has 12 nitrogen and oxygen atoms in total. The molecule has 0 bridgehead atoms. The maximum atomic E-state index is 13.2. The molecule has 0 radical (unpaired) electrons. The topological polar surface area (TPSA) is 163 Å². The fourth-order valence-corrected chi connectivity index (χ4v) is 5.49. The average Bonchev–Trinajstić information content (AvgIpc) is 3.46. The van der Waals surface area contributed by atoms with Crippen molar-refractivity contribution < 1.29 is 34.5 Å². The summed E-state index contributed by atoms with van der Waals surface area (Å²) in [6.07, 6.45) is 0. The number of hydrogen-bond donors (Lipinski definition) is 3.